The zero-order valence-electron chi connectivity index (χ0n) is 9.86. The van der Waals surface area contributed by atoms with Crippen LogP contribution >= 0.6 is 40.7 Å². The first-order chi connectivity index (χ1) is 7.31. The minimum atomic E-state index is 0. The van der Waals surface area contributed by atoms with Crippen LogP contribution in [0.5, 0.6) is 0 Å². The number of halogens is 3. The van der Waals surface area contributed by atoms with E-state index in [1.54, 1.807) is 0 Å². The third kappa shape index (κ3) is 4.42. The third-order valence-corrected chi connectivity index (χ3v) is 3.71. The lowest BCUT2D eigenvalue weighted by Gasteiger charge is -2.33. The molecule has 0 radical (unpaired) electrons. The van der Waals surface area contributed by atoms with Gasteiger partial charge in [-0.1, -0.05) is 41.1 Å². The molecule has 1 aliphatic rings. The van der Waals surface area contributed by atoms with Gasteiger partial charge in [0.15, 0.2) is 0 Å². The number of likely N-dealkylation sites (N-methyl/N-ethyl adjacent to an activating group) is 1. The molecule has 1 aliphatic heterocycles. The van der Waals surface area contributed by atoms with Crippen molar-refractivity contribution in [1.29, 1.82) is 0 Å². The van der Waals surface area contributed by atoms with Crippen LogP contribution in [0.1, 0.15) is 18.5 Å². The van der Waals surface area contributed by atoms with Crippen molar-refractivity contribution in [2.75, 3.05) is 26.2 Å². The lowest BCUT2D eigenvalue weighted by molar-refractivity contribution is 0.210. The fraction of sp³-hybridized carbons (Fsp3) is 0.500. The molecule has 17 heavy (non-hydrogen) atoms. The molecule has 1 heterocycles. The van der Waals surface area contributed by atoms with Crippen LogP contribution < -0.4 is 5.32 Å². The van der Waals surface area contributed by atoms with E-state index in [9.17, 15) is 0 Å². The number of piperazine rings is 1. The summed E-state index contributed by atoms with van der Waals surface area (Å²) in [5.74, 6) is 0. The summed E-state index contributed by atoms with van der Waals surface area (Å²) in [6, 6.07) is 8.94. The molecule has 0 aromatic heterocycles. The minimum Gasteiger partial charge on any atom is -0.308 e. The van der Waals surface area contributed by atoms with Gasteiger partial charge in [0.05, 0.1) is 0 Å². The third-order valence-electron chi connectivity index (χ3n) is 2.99. The average Bonchev–Trinajstić information content (AvgIpc) is 2.30. The number of rotatable bonds is 2. The van der Waals surface area contributed by atoms with Crippen molar-refractivity contribution in [3.63, 3.8) is 0 Å². The highest BCUT2D eigenvalue weighted by Gasteiger charge is 2.20. The highest BCUT2D eigenvalue weighted by molar-refractivity contribution is 9.10. The molecule has 2 nitrogen and oxygen atoms in total. The second-order valence-corrected chi connectivity index (χ2v) is 4.78. The summed E-state index contributed by atoms with van der Waals surface area (Å²) in [5, 5.41) is 3.57. The van der Waals surface area contributed by atoms with Crippen LogP contribution in [0, 0.1) is 0 Å². The van der Waals surface area contributed by atoms with Gasteiger partial charge in [0.2, 0.25) is 0 Å². The van der Waals surface area contributed by atoms with Gasteiger partial charge in [-0.2, -0.15) is 0 Å². The largest absolute Gasteiger partial charge is 0.308 e. The molecule has 5 heteroatoms. The van der Waals surface area contributed by atoms with E-state index in [-0.39, 0.29) is 24.8 Å². The standard InChI is InChI=1S/C12H17BrN2.2ClH/c1-2-15-8-7-14-12(9-15)10-5-3-4-6-11(10)13;;/h3-6,12,14H,2,7-9H2,1H3;2*1H. The van der Waals surface area contributed by atoms with E-state index in [4.69, 9.17) is 0 Å². The van der Waals surface area contributed by atoms with Crippen LogP contribution in [0.2, 0.25) is 0 Å². The topological polar surface area (TPSA) is 15.3 Å². The summed E-state index contributed by atoms with van der Waals surface area (Å²) < 4.78 is 1.21. The van der Waals surface area contributed by atoms with Gasteiger partial charge < -0.3 is 10.2 Å². The molecule has 98 valence electrons. The molecule has 1 aromatic carbocycles. The number of nitrogens with zero attached hydrogens (tertiary/aromatic N) is 1. The van der Waals surface area contributed by atoms with Crippen molar-refractivity contribution in [1.82, 2.24) is 10.2 Å². The number of nitrogens with one attached hydrogen (secondary N) is 1. The van der Waals surface area contributed by atoms with Crippen LogP contribution in [0.3, 0.4) is 0 Å². The van der Waals surface area contributed by atoms with Crippen molar-refractivity contribution >= 4 is 40.7 Å². The summed E-state index contributed by atoms with van der Waals surface area (Å²) in [7, 11) is 0. The first-order valence-corrected chi connectivity index (χ1v) is 6.30. The van der Waals surface area contributed by atoms with Gasteiger partial charge in [-0.25, -0.2) is 0 Å². The molecule has 0 saturated carbocycles. The molecule has 1 atom stereocenters. The number of hydrogen-bond acceptors (Lipinski definition) is 2. The molecule has 0 bridgehead atoms. The molecule has 0 amide bonds. The molecular formula is C12H19BrCl2N2. The van der Waals surface area contributed by atoms with Crippen LogP contribution in [0.4, 0.5) is 0 Å². The van der Waals surface area contributed by atoms with Crippen LogP contribution in [0.15, 0.2) is 28.7 Å². The van der Waals surface area contributed by atoms with E-state index in [0.717, 1.165) is 26.2 Å². The Bertz CT molecular complexity index is 336. The molecule has 2 rings (SSSR count). The summed E-state index contributed by atoms with van der Waals surface area (Å²) in [4.78, 5) is 2.49. The Hall–Kier alpha value is 0.200. The summed E-state index contributed by atoms with van der Waals surface area (Å²) in [6.07, 6.45) is 0. The second kappa shape index (κ2) is 8.33. The van der Waals surface area contributed by atoms with E-state index >= 15 is 0 Å². The van der Waals surface area contributed by atoms with Gasteiger partial charge in [-0.3, -0.25) is 0 Å². The first-order valence-electron chi connectivity index (χ1n) is 5.51. The number of hydrogen-bond donors (Lipinski definition) is 1. The summed E-state index contributed by atoms with van der Waals surface area (Å²) >= 11 is 3.62. The summed E-state index contributed by atoms with van der Waals surface area (Å²) in [6.45, 7) is 6.72. The molecule has 0 spiro atoms. The van der Waals surface area contributed by atoms with Gasteiger partial charge in [-0.15, -0.1) is 24.8 Å². The highest BCUT2D eigenvalue weighted by atomic mass is 79.9. The molecule has 1 aromatic rings. The van der Waals surface area contributed by atoms with Crippen molar-refractivity contribution in [2.24, 2.45) is 0 Å². The van der Waals surface area contributed by atoms with Crippen molar-refractivity contribution in [3.8, 4) is 0 Å². The van der Waals surface area contributed by atoms with E-state index in [1.807, 2.05) is 0 Å². The Kier molecular flexibility index (Phi) is 8.43. The zero-order chi connectivity index (χ0) is 10.7. The SMILES string of the molecule is CCN1CCNC(c2ccccc2Br)C1.Cl.Cl. The van der Waals surface area contributed by atoms with Crippen molar-refractivity contribution in [3.05, 3.63) is 34.3 Å². The lowest BCUT2D eigenvalue weighted by Crippen LogP contribution is -2.45. The Morgan fingerprint density at radius 3 is 2.71 bits per heavy atom. The Morgan fingerprint density at radius 2 is 2.06 bits per heavy atom. The predicted molar refractivity (Wildman–Crippen MR) is 81.5 cm³/mol. The van der Waals surface area contributed by atoms with Crippen molar-refractivity contribution < 1.29 is 0 Å². The maximum atomic E-state index is 3.62. The first kappa shape index (κ1) is 17.2. The average molecular weight is 342 g/mol. The summed E-state index contributed by atoms with van der Waals surface area (Å²) in [5.41, 5.74) is 1.37. The zero-order valence-corrected chi connectivity index (χ0v) is 13.1. The molecule has 0 aliphatic carbocycles. The normalized spacial score (nSPS) is 20.2. The lowest BCUT2D eigenvalue weighted by atomic mass is 10.0. The van der Waals surface area contributed by atoms with E-state index in [1.165, 1.54) is 10.0 Å². The van der Waals surface area contributed by atoms with Gasteiger partial charge in [0.25, 0.3) is 0 Å². The monoisotopic (exact) mass is 340 g/mol. The van der Waals surface area contributed by atoms with E-state index in [0.29, 0.717) is 6.04 Å². The predicted octanol–water partition coefficient (Wildman–Crippen LogP) is 3.26. The van der Waals surface area contributed by atoms with E-state index < -0.39 is 0 Å². The van der Waals surface area contributed by atoms with E-state index in [2.05, 4.69) is 57.3 Å². The molecule has 1 saturated heterocycles. The second-order valence-electron chi connectivity index (χ2n) is 3.92. The fourth-order valence-electron chi connectivity index (χ4n) is 2.06. The van der Waals surface area contributed by atoms with Crippen molar-refractivity contribution in [2.45, 2.75) is 13.0 Å². The molecular weight excluding hydrogens is 323 g/mol. The molecule has 1 unspecified atom stereocenters. The van der Waals surface area contributed by atoms with Crippen LogP contribution in [-0.2, 0) is 0 Å². The van der Waals surface area contributed by atoms with Gasteiger partial charge in [0.1, 0.15) is 0 Å². The minimum absolute atomic E-state index is 0. The van der Waals surface area contributed by atoms with Crippen LogP contribution in [-0.4, -0.2) is 31.1 Å². The van der Waals surface area contributed by atoms with Gasteiger partial charge in [0, 0.05) is 30.1 Å². The molecule has 1 N–H and O–H groups in total. The molecule has 1 fully saturated rings. The Morgan fingerprint density at radius 1 is 1.35 bits per heavy atom. The smallest absolute Gasteiger partial charge is 0.0461 e. The fourth-order valence-corrected chi connectivity index (χ4v) is 2.63. The maximum absolute atomic E-state index is 3.62. The van der Waals surface area contributed by atoms with Crippen LogP contribution in [0.25, 0.3) is 0 Å². The Balaban J connectivity index is 0.00000128. The number of benzene rings is 1. The maximum Gasteiger partial charge on any atom is 0.0461 e. The van der Waals surface area contributed by atoms with Gasteiger partial charge in [-0.05, 0) is 18.2 Å². The quantitative estimate of drug-likeness (QED) is 0.888. The Labute approximate surface area is 124 Å². The van der Waals surface area contributed by atoms with Gasteiger partial charge >= 0.3 is 0 Å². The highest BCUT2D eigenvalue weighted by Crippen LogP contribution is 2.25.